The molecule has 8 heteroatoms. The smallest absolute Gasteiger partial charge is 0.271 e. The van der Waals surface area contributed by atoms with E-state index in [4.69, 9.17) is 5.73 Å². The molecule has 5 heterocycles. The van der Waals surface area contributed by atoms with Gasteiger partial charge in [-0.1, -0.05) is 12.1 Å². The highest BCUT2D eigenvalue weighted by molar-refractivity contribution is 5.94. The fourth-order valence-electron chi connectivity index (χ4n) is 4.52. The van der Waals surface area contributed by atoms with E-state index in [-0.39, 0.29) is 5.91 Å². The fourth-order valence-corrected chi connectivity index (χ4v) is 4.52. The van der Waals surface area contributed by atoms with Crippen molar-refractivity contribution in [2.75, 3.05) is 32.9 Å². The van der Waals surface area contributed by atoms with E-state index >= 15 is 0 Å². The Hall–Kier alpha value is -4.04. The van der Waals surface area contributed by atoms with Crippen molar-refractivity contribution < 1.29 is 4.79 Å². The summed E-state index contributed by atoms with van der Waals surface area (Å²) in [7, 11) is 5.54. The van der Waals surface area contributed by atoms with Crippen LogP contribution in [-0.2, 0) is 13.6 Å². The summed E-state index contributed by atoms with van der Waals surface area (Å²) in [5.41, 5.74) is 12.9. The second-order valence-electron chi connectivity index (χ2n) is 9.11. The van der Waals surface area contributed by atoms with Crippen molar-refractivity contribution in [3.05, 3.63) is 78.0 Å². The molecule has 8 nitrogen and oxygen atoms in total. The third-order valence-corrected chi connectivity index (χ3v) is 6.56. The third-order valence-electron chi connectivity index (χ3n) is 6.56. The minimum atomic E-state index is -0.0828. The first-order valence-corrected chi connectivity index (χ1v) is 11.7. The molecule has 4 aromatic rings. The molecule has 1 aliphatic rings. The van der Waals surface area contributed by atoms with Gasteiger partial charge in [0.2, 0.25) is 0 Å². The number of aryl methyl sites for hydroxylation is 1. The van der Waals surface area contributed by atoms with Crippen LogP contribution in [0.25, 0.3) is 27.7 Å². The molecule has 1 aliphatic heterocycles. The lowest BCUT2D eigenvalue weighted by Crippen LogP contribution is -2.28. The molecule has 4 aromatic heterocycles. The summed E-state index contributed by atoms with van der Waals surface area (Å²) in [6.45, 7) is 2.65. The lowest BCUT2D eigenvalue weighted by molar-refractivity contribution is 0.0822. The Bertz CT molecular complexity index is 1400. The Morgan fingerprint density at radius 1 is 1.06 bits per heavy atom. The van der Waals surface area contributed by atoms with Gasteiger partial charge in [0.25, 0.3) is 5.91 Å². The lowest BCUT2D eigenvalue weighted by Gasteiger charge is -2.26. The minimum absolute atomic E-state index is 0.0828. The molecule has 0 aliphatic carbocycles. The van der Waals surface area contributed by atoms with Crippen LogP contribution >= 0.6 is 0 Å². The maximum atomic E-state index is 12.1. The second-order valence-corrected chi connectivity index (χ2v) is 9.11. The van der Waals surface area contributed by atoms with Crippen LogP contribution in [0, 0.1) is 0 Å². The summed E-state index contributed by atoms with van der Waals surface area (Å²) in [4.78, 5) is 29.3. The molecule has 0 spiro atoms. The van der Waals surface area contributed by atoms with Crippen LogP contribution in [0.1, 0.15) is 28.2 Å². The number of nitrogen functional groups attached to an aromatic ring is 1. The van der Waals surface area contributed by atoms with Gasteiger partial charge in [-0.25, -0.2) is 9.97 Å². The standard InChI is InChI=1S/C27H29N7O/c1-32(2)27(35)24-6-4-19(15-30-24)18-9-12-34(13-10-18)17-21-14-23-22(8-11-29-26(23)33(21)3)20-5-7-25(28)31-16-20/h4-9,11,14-16H,10,12-13,17H2,1-3H3,(H2,28,31). The van der Waals surface area contributed by atoms with Crippen molar-refractivity contribution in [3.63, 3.8) is 0 Å². The molecule has 0 unspecified atom stereocenters. The summed E-state index contributed by atoms with van der Waals surface area (Å²) in [5, 5.41) is 1.11. The monoisotopic (exact) mass is 467 g/mol. The maximum Gasteiger partial charge on any atom is 0.271 e. The molecule has 0 radical (unpaired) electrons. The van der Waals surface area contributed by atoms with E-state index in [1.54, 1.807) is 20.3 Å². The van der Waals surface area contributed by atoms with E-state index in [1.165, 1.54) is 16.2 Å². The zero-order valence-corrected chi connectivity index (χ0v) is 20.3. The van der Waals surface area contributed by atoms with Crippen LogP contribution < -0.4 is 5.73 Å². The van der Waals surface area contributed by atoms with Gasteiger partial charge < -0.3 is 15.2 Å². The fraction of sp³-hybridized carbons (Fsp3) is 0.259. The Kier molecular flexibility index (Phi) is 6.05. The normalized spacial score (nSPS) is 14.2. The number of fused-ring (bicyclic) bond motifs is 1. The Morgan fingerprint density at radius 3 is 2.51 bits per heavy atom. The van der Waals surface area contributed by atoms with Gasteiger partial charge in [-0.05, 0) is 53.5 Å². The first-order valence-electron chi connectivity index (χ1n) is 11.7. The third kappa shape index (κ3) is 4.52. The van der Waals surface area contributed by atoms with Crippen LogP contribution in [0.3, 0.4) is 0 Å². The van der Waals surface area contributed by atoms with Crippen molar-refractivity contribution in [1.29, 1.82) is 0 Å². The summed E-state index contributed by atoms with van der Waals surface area (Å²) in [6, 6.07) is 11.9. The van der Waals surface area contributed by atoms with Crippen molar-refractivity contribution >= 4 is 28.3 Å². The zero-order chi connectivity index (χ0) is 24.5. The van der Waals surface area contributed by atoms with Gasteiger partial charge in [-0.15, -0.1) is 0 Å². The van der Waals surface area contributed by atoms with Crippen molar-refractivity contribution in [2.45, 2.75) is 13.0 Å². The molecule has 0 fully saturated rings. The average molecular weight is 468 g/mol. The molecule has 35 heavy (non-hydrogen) atoms. The van der Waals surface area contributed by atoms with Gasteiger partial charge in [0, 0.05) is 76.0 Å². The average Bonchev–Trinajstić information content (AvgIpc) is 3.20. The molecule has 2 N–H and O–H groups in total. The number of carbonyl (C=O) groups excluding carboxylic acids is 1. The molecule has 0 bridgehead atoms. The van der Waals surface area contributed by atoms with E-state index in [9.17, 15) is 4.79 Å². The first kappa shape index (κ1) is 22.7. The molecular weight excluding hydrogens is 438 g/mol. The van der Waals surface area contributed by atoms with E-state index in [0.717, 1.165) is 53.8 Å². The molecular formula is C27H29N7O. The molecule has 0 saturated heterocycles. The second kappa shape index (κ2) is 9.31. The quantitative estimate of drug-likeness (QED) is 0.482. The van der Waals surface area contributed by atoms with Crippen LogP contribution in [-0.4, -0.2) is 62.4 Å². The highest BCUT2D eigenvalue weighted by Gasteiger charge is 2.18. The number of rotatable bonds is 5. The summed E-state index contributed by atoms with van der Waals surface area (Å²) < 4.78 is 2.17. The lowest BCUT2D eigenvalue weighted by atomic mass is 10.0. The summed E-state index contributed by atoms with van der Waals surface area (Å²) >= 11 is 0. The molecule has 0 aromatic carbocycles. The first-order chi connectivity index (χ1) is 16.9. The Morgan fingerprint density at radius 2 is 1.86 bits per heavy atom. The number of nitrogens with zero attached hydrogens (tertiary/aromatic N) is 6. The molecule has 0 atom stereocenters. The number of pyridine rings is 3. The highest BCUT2D eigenvalue weighted by Crippen LogP contribution is 2.30. The molecule has 5 rings (SSSR count). The van der Waals surface area contributed by atoms with Crippen LogP contribution in [0.15, 0.2) is 61.1 Å². The summed E-state index contributed by atoms with van der Waals surface area (Å²) in [5.74, 6) is 0.430. The number of hydrogen-bond donors (Lipinski definition) is 1. The SMILES string of the molecule is CN(C)C(=O)c1ccc(C2=CCN(Cc3cc4c(-c5ccc(N)nc5)ccnc4n3C)CC2)cn1. The number of carbonyl (C=O) groups is 1. The maximum absolute atomic E-state index is 12.1. The van der Waals surface area contributed by atoms with E-state index in [0.29, 0.717) is 11.5 Å². The van der Waals surface area contributed by atoms with Crippen molar-refractivity contribution in [1.82, 2.24) is 29.3 Å². The predicted molar refractivity (Wildman–Crippen MR) is 138 cm³/mol. The number of aromatic nitrogens is 4. The number of hydrogen-bond acceptors (Lipinski definition) is 6. The zero-order valence-electron chi connectivity index (χ0n) is 20.3. The van der Waals surface area contributed by atoms with Gasteiger partial charge in [0.1, 0.15) is 17.2 Å². The molecule has 0 saturated carbocycles. The predicted octanol–water partition coefficient (Wildman–Crippen LogP) is 3.60. The van der Waals surface area contributed by atoms with Crippen LogP contribution in [0.2, 0.25) is 0 Å². The topological polar surface area (TPSA) is 93.2 Å². The van der Waals surface area contributed by atoms with Gasteiger partial charge in [-0.2, -0.15) is 0 Å². The summed E-state index contributed by atoms with van der Waals surface area (Å²) in [6.07, 6.45) is 8.67. The van der Waals surface area contributed by atoms with E-state index < -0.39 is 0 Å². The van der Waals surface area contributed by atoms with E-state index in [1.807, 2.05) is 42.7 Å². The van der Waals surface area contributed by atoms with Gasteiger partial charge in [0.15, 0.2) is 0 Å². The van der Waals surface area contributed by atoms with Gasteiger partial charge >= 0.3 is 0 Å². The van der Waals surface area contributed by atoms with Crippen LogP contribution in [0.5, 0.6) is 0 Å². The highest BCUT2D eigenvalue weighted by atomic mass is 16.2. The van der Waals surface area contributed by atoms with Gasteiger partial charge in [0.05, 0.1) is 0 Å². The Labute approximate surface area is 204 Å². The largest absolute Gasteiger partial charge is 0.384 e. The number of amides is 1. The van der Waals surface area contributed by atoms with Crippen LogP contribution in [0.4, 0.5) is 5.82 Å². The minimum Gasteiger partial charge on any atom is -0.384 e. The molecule has 1 amide bonds. The van der Waals surface area contributed by atoms with Gasteiger partial charge in [-0.3, -0.25) is 14.7 Å². The number of anilines is 1. The van der Waals surface area contributed by atoms with Crippen molar-refractivity contribution in [3.8, 4) is 11.1 Å². The van der Waals surface area contributed by atoms with E-state index in [2.05, 4.69) is 43.6 Å². The Balaban J connectivity index is 1.32. The number of nitrogens with two attached hydrogens (primary N) is 1. The molecule has 178 valence electrons. The van der Waals surface area contributed by atoms with Crippen molar-refractivity contribution in [2.24, 2.45) is 7.05 Å².